The summed E-state index contributed by atoms with van der Waals surface area (Å²) in [4.78, 5) is 59.0. The lowest BCUT2D eigenvalue weighted by molar-refractivity contribution is 0.101. The van der Waals surface area contributed by atoms with Gasteiger partial charge in [0.15, 0.2) is 11.6 Å². The van der Waals surface area contributed by atoms with Gasteiger partial charge >= 0.3 is 0 Å². The maximum absolute atomic E-state index is 13.1. The van der Waals surface area contributed by atoms with E-state index in [1.807, 2.05) is 135 Å². The van der Waals surface area contributed by atoms with Crippen molar-refractivity contribution in [1.82, 2.24) is 29.5 Å². The third-order valence-corrected chi connectivity index (χ3v) is 9.46. The summed E-state index contributed by atoms with van der Waals surface area (Å²) in [5, 5.41) is 17.2. The van der Waals surface area contributed by atoms with Crippen LogP contribution in [0.3, 0.4) is 0 Å². The van der Waals surface area contributed by atoms with Crippen LogP contribution in [-0.4, -0.2) is 41.1 Å². The Morgan fingerprint density at radius 1 is 0.614 bits per heavy atom. The number of carbonyl (C=O) groups is 2. The van der Waals surface area contributed by atoms with E-state index in [1.165, 1.54) is 23.2 Å². The van der Waals surface area contributed by atoms with Crippen molar-refractivity contribution >= 4 is 56.1 Å². The molecule has 0 aliphatic heterocycles. The van der Waals surface area contributed by atoms with Gasteiger partial charge in [0.2, 0.25) is 0 Å². The first-order valence-electron chi connectivity index (χ1n) is 18.6. The van der Waals surface area contributed by atoms with Crippen LogP contribution in [0, 0.1) is 0 Å². The van der Waals surface area contributed by atoms with Crippen molar-refractivity contribution in [2.75, 3.05) is 10.6 Å². The van der Waals surface area contributed by atoms with Crippen molar-refractivity contribution < 1.29 is 9.59 Å². The molecule has 4 aromatic carbocycles. The van der Waals surface area contributed by atoms with Gasteiger partial charge in [-0.25, -0.2) is 9.36 Å². The molecule has 3 N–H and O–H groups in total. The molecule has 12 heteroatoms. The lowest BCUT2D eigenvalue weighted by atomic mass is 10.0. The summed E-state index contributed by atoms with van der Waals surface area (Å²) in [6.45, 7) is 7.40. The van der Waals surface area contributed by atoms with Crippen LogP contribution in [0.1, 0.15) is 48.4 Å². The molecular weight excluding hydrogens is 717 g/mol. The van der Waals surface area contributed by atoms with E-state index < -0.39 is 0 Å². The summed E-state index contributed by atoms with van der Waals surface area (Å²) in [7, 11) is 0. The lowest BCUT2D eigenvalue weighted by Crippen LogP contribution is -2.28. The Morgan fingerprint density at radius 3 is 1.67 bits per heavy atom. The first-order valence-corrected chi connectivity index (χ1v) is 18.6. The van der Waals surface area contributed by atoms with Crippen LogP contribution in [-0.2, 0) is 13.1 Å². The standard InChI is InChI=1S/C23H20N4O2.C22H20N4O2/c1-3-27-23(29)22(25-18-13-7-11-16-12-8-14-24-20(16)18)19(15(2)28)21(26-27)17-9-5-4-6-10-17;1-3-26-22(28)21(24-18-11-7-10-17-16(18)12-13-23-17)19(14(2)27)20(25-26)15-8-5-4-6-9-15/h4-14,25H,3H2,1-2H3;4-13,23-24H,3H2,1-2H3. The molecule has 12 nitrogen and oxygen atoms in total. The van der Waals surface area contributed by atoms with Crippen molar-refractivity contribution in [3.8, 4) is 22.5 Å². The zero-order valence-corrected chi connectivity index (χ0v) is 31.9. The third kappa shape index (κ3) is 7.61. The van der Waals surface area contributed by atoms with Gasteiger partial charge in [0, 0.05) is 58.6 Å². The summed E-state index contributed by atoms with van der Waals surface area (Å²) in [6.07, 6.45) is 3.54. The normalized spacial score (nSPS) is 10.9. The number of H-pyrrole nitrogens is 1. The van der Waals surface area contributed by atoms with E-state index in [9.17, 15) is 19.2 Å². The van der Waals surface area contributed by atoms with Gasteiger partial charge in [-0.15, -0.1) is 0 Å². The number of para-hydroxylation sites is 1. The molecule has 0 fully saturated rings. The number of fused-ring (bicyclic) bond motifs is 2. The highest BCUT2D eigenvalue weighted by molar-refractivity contribution is 6.07. The van der Waals surface area contributed by atoms with E-state index in [2.05, 4.69) is 30.8 Å². The monoisotopic (exact) mass is 756 g/mol. The number of pyridine rings is 1. The molecule has 0 saturated heterocycles. The number of nitrogens with zero attached hydrogens (tertiary/aromatic N) is 5. The number of hydrogen-bond donors (Lipinski definition) is 3. The number of aromatic amines is 1. The lowest BCUT2D eigenvalue weighted by Gasteiger charge is -2.16. The molecular formula is C45H40N8O4. The Morgan fingerprint density at radius 2 is 1.12 bits per heavy atom. The molecule has 4 heterocycles. The van der Waals surface area contributed by atoms with Gasteiger partial charge in [0.25, 0.3) is 11.1 Å². The number of benzene rings is 4. The molecule has 0 radical (unpaired) electrons. The second-order valence-electron chi connectivity index (χ2n) is 13.2. The molecule has 8 aromatic rings. The molecule has 8 rings (SSSR count). The quantitative estimate of drug-likeness (QED) is 0.116. The predicted molar refractivity (Wildman–Crippen MR) is 226 cm³/mol. The number of ketones is 2. The van der Waals surface area contributed by atoms with Gasteiger partial charge in [0.1, 0.15) is 22.8 Å². The van der Waals surface area contributed by atoms with E-state index in [4.69, 9.17) is 0 Å². The zero-order valence-electron chi connectivity index (χ0n) is 31.9. The van der Waals surface area contributed by atoms with Crippen molar-refractivity contribution in [2.24, 2.45) is 0 Å². The molecule has 0 saturated carbocycles. The van der Waals surface area contributed by atoms with Gasteiger partial charge in [-0.05, 0) is 58.0 Å². The van der Waals surface area contributed by atoms with Crippen molar-refractivity contribution in [2.45, 2.75) is 40.8 Å². The van der Waals surface area contributed by atoms with E-state index >= 15 is 0 Å². The molecule has 0 amide bonds. The highest BCUT2D eigenvalue weighted by atomic mass is 16.1. The SMILES string of the molecule is CCn1nc(-c2ccccc2)c(C(C)=O)c(Nc2cccc3[nH]ccc23)c1=O.CCn1nc(-c2ccccc2)c(C(C)=O)c(Nc2cccc3cccnc23)c1=O. The fourth-order valence-corrected chi connectivity index (χ4v) is 6.75. The largest absolute Gasteiger partial charge is 0.361 e. The third-order valence-electron chi connectivity index (χ3n) is 9.46. The molecule has 4 aromatic heterocycles. The Kier molecular flexibility index (Phi) is 10.9. The Labute approximate surface area is 327 Å². The van der Waals surface area contributed by atoms with Gasteiger partial charge in [0.05, 0.1) is 22.3 Å². The average Bonchev–Trinajstić information content (AvgIpc) is 3.73. The highest BCUT2D eigenvalue weighted by Crippen LogP contribution is 2.32. The molecule has 0 aliphatic rings. The Bertz CT molecular complexity index is 2880. The topological polar surface area (TPSA) is 157 Å². The van der Waals surface area contributed by atoms with Crippen LogP contribution < -0.4 is 21.8 Å². The minimum absolute atomic E-state index is 0.213. The molecule has 284 valence electrons. The van der Waals surface area contributed by atoms with Crippen molar-refractivity contribution in [3.63, 3.8) is 0 Å². The number of hydrogen-bond acceptors (Lipinski definition) is 9. The number of carbonyl (C=O) groups excluding carboxylic acids is 2. The van der Waals surface area contributed by atoms with E-state index in [-0.39, 0.29) is 39.6 Å². The second-order valence-corrected chi connectivity index (χ2v) is 13.2. The summed E-state index contributed by atoms with van der Waals surface area (Å²) in [5.74, 6) is -0.442. The minimum Gasteiger partial charge on any atom is -0.361 e. The van der Waals surface area contributed by atoms with Gasteiger partial charge in [-0.2, -0.15) is 10.2 Å². The fourth-order valence-electron chi connectivity index (χ4n) is 6.75. The first kappa shape index (κ1) is 37.8. The van der Waals surface area contributed by atoms with Crippen molar-refractivity contribution in [1.29, 1.82) is 0 Å². The first-order chi connectivity index (χ1) is 27.7. The number of Topliss-reactive ketones (excluding diaryl/α,β-unsaturated/α-hetero) is 2. The molecule has 57 heavy (non-hydrogen) atoms. The maximum Gasteiger partial charge on any atom is 0.291 e. The number of aryl methyl sites for hydroxylation is 2. The molecule has 0 bridgehead atoms. The molecule has 0 atom stereocenters. The van der Waals surface area contributed by atoms with Gasteiger partial charge in [-0.1, -0.05) is 84.9 Å². The van der Waals surface area contributed by atoms with Crippen LogP contribution in [0.4, 0.5) is 22.7 Å². The summed E-state index contributed by atoms with van der Waals surface area (Å²) >= 11 is 0. The Hall–Kier alpha value is -7.47. The van der Waals surface area contributed by atoms with E-state index in [0.29, 0.717) is 35.7 Å². The van der Waals surface area contributed by atoms with Gasteiger partial charge < -0.3 is 15.6 Å². The van der Waals surface area contributed by atoms with E-state index in [0.717, 1.165) is 38.6 Å². The summed E-state index contributed by atoms with van der Waals surface area (Å²) in [6, 6.07) is 36.0. The fraction of sp³-hybridized carbons (Fsp3) is 0.133. The smallest absolute Gasteiger partial charge is 0.291 e. The van der Waals surface area contributed by atoms with Crippen LogP contribution in [0.15, 0.2) is 137 Å². The minimum atomic E-state index is -0.342. The molecule has 0 unspecified atom stereocenters. The van der Waals surface area contributed by atoms with Crippen LogP contribution in [0.5, 0.6) is 0 Å². The molecule has 0 aliphatic carbocycles. The number of rotatable bonds is 10. The van der Waals surface area contributed by atoms with Crippen LogP contribution >= 0.6 is 0 Å². The predicted octanol–water partition coefficient (Wildman–Crippen LogP) is 8.78. The zero-order chi connectivity index (χ0) is 40.1. The van der Waals surface area contributed by atoms with Gasteiger partial charge in [-0.3, -0.25) is 24.2 Å². The summed E-state index contributed by atoms with van der Waals surface area (Å²) in [5.41, 5.74) is 6.01. The second kappa shape index (κ2) is 16.5. The maximum atomic E-state index is 13.1. The number of anilines is 4. The van der Waals surface area contributed by atoms with Crippen molar-refractivity contribution in [3.05, 3.63) is 159 Å². The van der Waals surface area contributed by atoms with Crippen LogP contribution in [0.25, 0.3) is 44.3 Å². The van der Waals surface area contributed by atoms with E-state index in [1.54, 1.807) is 6.20 Å². The molecule has 0 spiro atoms. The highest BCUT2D eigenvalue weighted by Gasteiger charge is 2.24. The van der Waals surface area contributed by atoms with Crippen LogP contribution in [0.2, 0.25) is 0 Å². The average molecular weight is 757 g/mol. The Balaban J connectivity index is 0.000000174. The number of nitrogens with one attached hydrogen (secondary N) is 3. The summed E-state index contributed by atoms with van der Waals surface area (Å²) < 4.78 is 2.75. The number of aromatic nitrogens is 6.